The molecule has 84 valence electrons. The molecule has 0 aromatic heterocycles. The monoisotopic (exact) mass is 214 g/mol. The van der Waals surface area contributed by atoms with Crippen LogP contribution in [-0.2, 0) is 0 Å². The standard InChI is InChI=1S/C13H27P/c1-5-13(7-6-10(2)3)8-12(9-13)11(4)14/h10-12H,5-9,14H2,1-4H3. The van der Waals surface area contributed by atoms with Gasteiger partial charge >= 0.3 is 0 Å². The Morgan fingerprint density at radius 2 is 1.86 bits per heavy atom. The van der Waals surface area contributed by atoms with Crippen LogP contribution in [0.4, 0.5) is 0 Å². The molecule has 0 aromatic rings. The Kier molecular flexibility index (Phi) is 4.44. The van der Waals surface area contributed by atoms with E-state index in [0.717, 1.165) is 22.9 Å². The van der Waals surface area contributed by atoms with Gasteiger partial charge in [-0.2, -0.15) is 0 Å². The van der Waals surface area contributed by atoms with Crippen LogP contribution in [-0.4, -0.2) is 5.66 Å². The van der Waals surface area contributed by atoms with E-state index >= 15 is 0 Å². The molecule has 1 rings (SSSR count). The van der Waals surface area contributed by atoms with Gasteiger partial charge in [-0.25, -0.2) is 0 Å². The van der Waals surface area contributed by atoms with Gasteiger partial charge in [-0.1, -0.05) is 40.5 Å². The molecule has 1 aliphatic carbocycles. The van der Waals surface area contributed by atoms with Crippen molar-refractivity contribution in [1.82, 2.24) is 0 Å². The van der Waals surface area contributed by atoms with E-state index in [4.69, 9.17) is 0 Å². The summed E-state index contributed by atoms with van der Waals surface area (Å²) in [5.74, 6) is 1.87. The summed E-state index contributed by atoms with van der Waals surface area (Å²) in [5, 5.41) is 0. The summed E-state index contributed by atoms with van der Waals surface area (Å²) in [4.78, 5) is 0. The Morgan fingerprint density at radius 3 is 2.21 bits per heavy atom. The third-order valence-corrected chi connectivity index (χ3v) is 4.68. The minimum Gasteiger partial charge on any atom is -0.134 e. The normalized spacial score (nSPS) is 34.3. The molecule has 0 N–H and O–H groups in total. The lowest BCUT2D eigenvalue weighted by Gasteiger charge is -2.50. The van der Waals surface area contributed by atoms with Crippen LogP contribution in [0.1, 0.15) is 59.8 Å². The second-order valence-electron chi connectivity index (χ2n) is 5.81. The zero-order valence-electron chi connectivity index (χ0n) is 10.3. The number of rotatable bonds is 5. The summed E-state index contributed by atoms with van der Waals surface area (Å²) in [6.45, 7) is 9.41. The van der Waals surface area contributed by atoms with Crippen LogP contribution in [0.5, 0.6) is 0 Å². The Bertz CT molecular complexity index is 161. The summed E-state index contributed by atoms with van der Waals surface area (Å²) in [5.41, 5.74) is 1.56. The van der Waals surface area contributed by atoms with Gasteiger partial charge in [0.25, 0.3) is 0 Å². The quantitative estimate of drug-likeness (QED) is 0.591. The van der Waals surface area contributed by atoms with E-state index in [1.807, 2.05) is 0 Å². The minimum absolute atomic E-state index is 0.736. The van der Waals surface area contributed by atoms with Gasteiger partial charge in [-0.05, 0) is 42.2 Å². The molecule has 1 fully saturated rings. The second-order valence-corrected chi connectivity index (χ2v) is 6.87. The zero-order chi connectivity index (χ0) is 10.8. The maximum atomic E-state index is 2.97. The topological polar surface area (TPSA) is 0 Å². The molecule has 1 heteroatoms. The maximum absolute atomic E-state index is 2.97. The van der Waals surface area contributed by atoms with Gasteiger partial charge in [-0.3, -0.25) is 0 Å². The highest BCUT2D eigenvalue weighted by atomic mass is 31.0. The summed E-state index contributed by atoms with van der Waals surface area (Å²) >= 11 is 0. The van der Waals surface area contributed by atoms with Crippen LogP contribution in [0.3, 0.4) is 0 Å². The Hall–Kier alpha value is 0.430. The fraction of sp³-hybridized carbons (Fsp3) is 1.00. The summed E-state index contributed by atoms with van der Waals surface area (Å²) in [6.07, 6.45) is 7.26. The van der Waals surface area contributed by atoms with Gasteiger partial charge in [0.05, 0.1) is 0 Å². The first-order valence-electron chi connectivity index (χ1n) is 6.24. The average Bonchev–Trinajstić information content (AvgIpc) is 2.02. The van der Waals surface area contributed by atoms with Crippen molar-refractivity contribution in [2.24, 2.45) is 17.3 Å². The number of hydrogen-bond donors (Lipinski definition) is 0. The van der Waals surface area contributed by atoms with Crippen LogP contribution >= 0.6 is 9.24 Å². The SMILES string of the molecule is CCC1(CCC(C)C)CC(C(C)P)C1. The van der Waals surface area contributed by atoms with Gasteiger partial charge in [0.2, 0.25) is 0 Å². The molecule has 0 heterocycles. The van der Waals surface area contributed by atoms with E-state index in [9.17, 15) is 0 Å². The van der Waals surface area contributed by atoms with E-state index in [0.29, 0.717) is 0 Å². The Morgan fingerprint density at radius 1 is 1.29 bits per heavy atom. The highest BCUT2D eigenvalue weighted by Gasteiger charge is 2.43. The molecular formula is C13H27P. The molecule has 1 saturated carbocycles. The van der Waals surface area contributed by atoms with E-state index in [2.05, 4.69) is 36.9 Å². The van der Waals surface area contributed by atoms with Gasteiger partial charge < -0.3 is 0 Å². The van der Waals surface area contributed by atoms with Crippen molar-refractivity contribution in [2.45, 2.75) is 65.5 Å². The highest BCUT2D eigenvalue weighted by Crippen LogP contribution is 2.54. The van der Waals surface area contributed by atoms with Crippen molar-refractivity contribution in [3.05, 3.63) is 0 Å². The van der Waals surface area contributed by atoms with Crippen molar-refractivity contribution >= 4 is 9.24 Å². The smallest absolute Gasteiger partial charge is 0.0264 e. The van der Waals surface area contributed by atoms with Crippen LogP contribution < -0.4 is 0 Å². The Labute approximate surface area is 92.4 Å². The number of hydrogen-bond acceptors (Lipinski definition) is 0. The lowest BCUT2D eigenvalue weighted by atomic mass is 9.57. The fourth-order valence-electron chi connectivity index (χ4n) is 2.69. The molecule has 2 unspecified atom stereocenters. The molecule has 0 bridgehead atoms. The largest absolute Gasteiger partial charge is 0.134 e. The van der Waals surface area contributed by atoms with Gasteiger partial charge in [0, 0.05) is 0 Å². The molecule has 1 aliphatic rings. The van der Waals surface area contributed by atoms with Gasteiger partial charge in [-0.15, -0.1) is 9.24 Å². The van der Waals surface area contributed by atoms with Gasteiger partial charge in [0.15, 0.2) is 0 Å². The predicted molar refractivity (Wildman–Crippen MR) is 68.7 cm³/mol. The summed E-state index contributed by atoms with van der Waals surface area (Å²) in [7, 11) is 2.97. The second kappa shape index (κ2) is 4.97. The van der Waals surface area contributed by atoms with E-state index in [1.54, 1.807) is 0 Å². The molecule has 2 atom stereocenters. The third kappa shape index (κ3) is 2.96. The lowest BCUT2D eigenvalue weighted by molar-refractivity contribution is 0.0358. The lowest BCUT2D eigenvalue weighted by Crippen LogP contribution is -2.40. The van der Waals surface area contributed by atoms with E-state index in [1.165, 1.54) is 32.1 Å². The first kappa shape index (κ1) is 12.5. The molecule has 14 heavy (non-hydrogen) atoms. The third-order valence-electron chi connectivity index (χ3n) is 4.14. The van der Waals surface area contributed by atoms with Crippen molar-refractivity contribution in [1.29, 1.82) is 0 Å². The maximum Gasteiger partial charge on any atom is -0.0264 e. The van der Waals surface area contributed by atoms with Crippen molar-refractivity contribution in [2.75, 3.05) is 0 Å². The predicted octanol–water partition coefficient (Wildman–Crippen LogP) is 4.49. The molecule has 0 radical (unpaired) electrons. The molecule has 0 nitrogen and oxygen atoms in total. The molecular weight excluding hydrogens is 187 g/mol. The van der Waals surface area contributed by atoms with Crippen molar-refractivity contribution in [3.63, 3.8) is 0 Å². The first-order valence-corrected chi connectivity index (χ1v) is 6.91. The van der Waals surface area contributed by atoms with Crippen LogP contribution in [0.15, 0.2) is 0 Å². The molecule has 0 spiro atoms. The highest BCUT2D eigenvalue weighted by molar-refractivity contribution is 7.17. The van der Waals surface area contributed by atoms with E-state index in [-0.39, 0.29) is 0 Å². The molecule has 0 amide bonds. The van der Waals surface area contributed by atoms with E-state index < -0.39 is 0 Å². The van der Waals surface area contributed by atoms with Crippen LogP contribution in [0.25, 0.3) is 0 Å². The Balaban J connectivity index is 2.33. The zero-order valence-corrected chi connectivity index (χ0v) is 11.5. The molecule has 0 aliphatic heterocycles. The van der Waals surface area contributed by atoms with Crippen LogP contribution in [0.2, 0.25) is 0 Å². The first-order chi connectivity index (χ1) is 6.49. The molecule has 0 aromatic carbocycles. The van der Waals surface area contributed by atoms with Gasteiger partial charge in [0.1, 0.15) is 0 Å². The van der Waals surface area contributed by atoms with Crippen molar-refractivity contribution < 1.29 is 0 Å². The average molecular weight is 214 g/mol. The van der Waals surface area contributed by atoms with Crippen molar-refractivity contribution in [3.8, 4) is 0 Å². The molecule has 0 saturated heterocycles. The minimum atomic E-state index is 0.736. The summed E-state index contributed by atoms with van der Waals surface area (Å²) in [6, 6.07) is 0. The summed E-state index contributed by atoms with van der Waals surface area (Å²) < 4.78 is 0. The fourth-order valence-corrected chi connectivity index (χ4v) is 2.96. The van der Waals surface area contributed by atoms with Crippen LogP contribution in [0, 0.1) is 17.3 Å².